The molecule has 3 N–H and O–H groups in total. The molecule has 4 fully saturated rings. The molecule has 11 atom stereocenters. The van der Waals surface area contributed by atoms with Gasteiger partial charge in [0.25, 0.3) is 0 Å². The fourth-order valence-electron chi connectivity index (χ4n) is 12.2. The summed E-state index contributed by atoms with van der Waals surface area (Å²) in [7, 11) is 0. The average Bonchev–Trinajstić information content (AvgIpc) is 4.07. The summed E-state index contributed by atoms with van der Waals surface area (Å²) in [6, 6.07) is 23.8. The first-order chi connectivity index (χ1) is 34.9. The lowest BCUT2D eigenvalue weighted by Gasteiger charge is -2.65. The number of alkyl carbamates (subject to hydrolysis) is 2. The number of rotatable bonds is 15. The van der Waals surface area contributed by atoms with Crippen LogP contribution >= 0.6 is 0 Å². The van der Waals surface area contributed by atoms with Gasteiger partial charge in [0.15, 0.2) is 23.3 Å². The Morgan fingerprint density at radius 2 is 1.47 bits per heavy atom. The second-order valence-corrected chi connectivity index (χ2v) is 21.6. The molecule has 0 unspecified atom stereocenters. The first-order valence-electron chi connectivity index (χ1n) is 24.9. The van der Waals surface area contributed by atoms with Gasteiger partial charge >= 0.3 is 36.1 Å². The van der Waals surface area contributed by atoms with E-state index in [1.165, 1.54) is 6.92 Å². The number of ether oxygens (including phenoxy) is 7. The lowest BCUT2D eigenvalue weighted by Crippen LogP contribution is -2.76. The molecule has 1 aliphatic heterocycles. The molecule has 2 bridgehead atoms. The number of nitrogens with one attached hydrogen (secondary N) is 2. The van der Waals surface area contributed by atoms with Crippen LogP contribution in [0, 0.1) is 28.6 Å². The van der Waals surface area contributed by atoms with Crippen LogP contribution in [0.2, 0.25) is 0 Å². The topological polar surface area (TPSA) is 245 Å². The van der Waals surface area contributed by atoms with E-state index in [1.54, 1.807) is 133 Å². The van der Waals surface area contributed by atoms with Gasteiger partial charge in [0.05, 0.1) is 12.2 Å². The standard InChI is InChI=1S/C56H64N2O16/c1-31-40(71-49(64)46(44(36-22-16-11-17-23-36)58-51(66)74-52(4,5)6)72-42(62)28-57-50(65)68-29-34-18-12-9-13-19-34)27-56(67)38(25-39(61)35-20-14-10-15-21-35)47-54(48(63)45(70-32(2)59)43(31)53(56,7)8)26-37(54)24-41-55(47,30-69-41)73-33(3)60/h9-23,37-38,40-41,44-47,67H,24-30H2,1-8H3,(H,57,65)(H,58,66)/t37-,38+,40+,41-,44+,45-,46-,47+,54-,55+,56-/m1/s1. The van der Waals surface area contributed by atoms with Crippen molar-refractivity contribution in [2.45, 2.75) is 135 Å². The Labute approximate surface area is 429 Å². The molecule has 5 aliphatic rings. The van der Waals surface area contributed by atoms with Gasteiger partial charge in [-0.2, -0.15) is 0 Å². The molecule has 74 heavy (non-hydrogen) atoms. The number of amides is 2. The van der Waals surface area contributed by atoms with E-state index >= 15 is 9.59 Å². The summed E-state index contributed by atoms with van der Waals surface area (Å²) < 4.78 is 41.6. The third kappa shape index (κ3) is 10.2. The van der Waals surface area contributed by atoms with Crippen molar-refractivity contribution < 1.29 is 76.6 Å². The van der Waals surface area contributed by atoms with E-state index in [0.29, 0.717) is 17.5 Å². The van der Waals surface area contributed by atoms with E-state index in [-0.39, 0.29) is 54.5 Å². The Kier molecular flexibility index (Phi) is 14.7. The fourth-order valence-corrected chi connectivity index (χ4v) is 12.2. The van der Waals surface area contributed by atoms with Crippen molar-refractivity contribution in [3.8, 4) is 0 Å². The molecule has 0 radical (unpaired) electrons. The normalized spacial score (nSPS) is 29.0. The van der Waals surface area contributed by atoms with Crippen LogP contribution in [0.4, 0.5) is 9.59 Å². The highest BCUT2D eigenvalue weighted by Crippen LogP contribution is 2.76. The summed E-state index contributed by atoms with van der Waals surface area (Å²) in [5.74, 6) is -7.41. The average molecular weight is 1020 g/mol. The van der Waals surface area contributed by atoms with Crippen LogP contribution < -0.4 is 10.6 Å². The smallest absolute Gasteiger partial charge is 0.408 e. The molecule has 3 aromatic carbocycles. The van der Waals surface area contributed by atoms with Crippen LogP contribution in [0.25, 0.3) is 0 Å². The summed E-state index contributed by atoms with van der Waals surface area (Å²) in [6.45, 7) is 11.1. The van der Waals surface area contributed by atoms with Crippen LogP contribution in [0.1, 0.15) is 109 Å². The lowest BCUT2D eigenvalue weighted by atomic mass is 9.45. The molecule has 3 aromatic rings. The van der Waals surface area contributed by atoms with Crippen molar-refractivity contribution in [3.05, 3.63) is 119 Å². The zero-order chi connectivity index (χ0) is 53.5. The zero-order valence-corrected chi connectivity index (χ0v) is 42.8. The number of hydrogen-bond donors (Lipinski definition) is 3. The largest absolute Gasteiger partial charge is 0.455 e. The third-order valence-electron chi connectivity index (χ3n) is 15.5. The Bertz CT molecular complexity index is 2720. The van der Waals surface area contributed by atoms with Crippen LogP contribution in [0.15, 0.2) is 102 Å². The van der Waals surface area contributed by atoms with Crippen molar-refractivity contribution in [2.75, 3.05) is 13.2 Å². The van der Waals surface area contributed by atoms with Gasteiger partial charge < -0.3 is 48.9 Å². The van der Waals surface area contributed by atoms with Crippen molar-refractivity contribution in [1.82, 2.24) is 10.6 Å². The maximum Gasteiger partial charge on any atom is 0.408 e. The van der Waals surface area contributed by atoms with E-state index < -0.39 is 125 Å². The number of hydrogen-bond acceptors (Lipinski definition) is 16. The fraction of sp³-hybridized carbons (Fsp3) is 0.500. The van der Waals surface area contributed by atoms with E-state index in [4.69, 9.17) is 33.2 Å². The molecule has 18 heteroatoms. The SMILES string of the molecule is CC(=O)O[C@H]1C(=O)[C@]23C[C@H]2C[C@H]2OC[C@@]2(OC(C)=O)[C@H]3[C@H](CC(=O)c2ccccc2)[C@]2(O)C[C@H](OC(=O)[C@H](OC(=O)CNC(=O)OCc3ccccc3)[C@@H](NC(=O)OC(C)(C)C)c3ccccc3)C(C)=C1C2(C)C. The molecule has 0 aromatic heterocycles. The number of carbonyl (C=O) groups excluding carboxylic acids is 8. The van der Waals surface area contributed by atoms with Gasteiger partial charge in [-0.05, 0) is 68.7 Å². The van der Waals surface area contributed by atoms with Gasteiger partial charge in [-0.1, -0.05) is 105 Å². The van der Waals surface area contributed by atoms with Gasteiger partial charge in [0.1, 0.15) is 37.0 Å². The molecule has 2 amide bonds. The van der Waals surface area contributed by atoms with Crippen molar-refractivity contribution >= 4 is 47.6 Å². The first-order valence-corrected chi connectivity index (χ1v) is 24.9. The Balaban J connectivity index is 1.22. The van der Waals surface area contributed by atoms with Crippen LogP contribution in [0.5, 0.6) is 0 Å². The van der Waals surface area contributed by atoms with Crippen molar-refractivity contribution in [2.24, 2.45) is 28.6 Å². The summed E-state index contributed by atoms with van der Waals surface area (Å²) in [6.07, 6.45) is -8.03. The second kappa shape index (κ2) is 20.4. The van der Waals surface area contributed by atoms with Crippen LogP contribution in [0.3, 0.4) is 0 Å². The minimum Gasteiger partial charge on any atom is -0.455 e. The van der Waals surface area contributed by atoms with Crippen LogP contribution in [-0.2, 0) is 63.7 Å². The Morgan fingerprint density at radius 3 is 2.07 bits per heavy atom. The molecule has 4 aliphatic carbocycles. The molecule has 1 heterocycles. The molecular weight excluding hydrogens is 957 g/mol. The molecular formula is C56H64N2O16. The van der Waals surface area contributed by atoms with Crippen LogP contribution in [-0.4, -0.2) is 107 Å². The molecule has 3 saturated carbocycles. The Hall–Kier alpha value is -6.92. The summed E-state index contributed by atoms with van der Waals surface area (Å²) in [4.78, 5) is 112. The van der Waals surface area contributed by atoms with E-state index in [0.717, 1.165) is 6.92 Å². The maximum atomic E-state index is 15.8. The highest BCUT2D eigenvalue weighted by molar-refractivity contribution is 5.99. The molecule has 1 saturated heterocycles. The number of Topliss-reactive ketones (excluding diaryl/α,β-unsaturated/α-hetero) is 2. The third-order valence-corrected chi connectivity index (χ3v) is 15.5. The summed E-state index contributed by atoms with van der Waals surface area (Å²) >= 11 is 0. The van der Waals surface area contributed by atoms with Gasteiger partial charge in [0.2, 0.25) is 6.10 Å². The van der Waals surface area contributed by atoms with Crippen molar-refractivity contribution in [3.63, 3.8) is 0 Å². The maximum absolute atomic E-state index is 15.8. The van der Waals surface area contributed by atoms with E-state index in [2.05, 4.69) is 10.6 Å². The molecule has 18 nitrogen and oxygen atoms in total. The minimum atomic E-state index is -2.14. The van der Waals surface area contributed by atoms with Gasteiger partial charge in [-0.15, -0.1) is 0 Å². The predicted molar refractivity (Wildman–Crippen MR) is 261 cm³/mol. The first kappa shape index (κ1) is 53.4. The number of esters is 4. The highest BCUT2D eigenvalue weighted by Gasteiger charge is 2.83. The molecule has 8 rings (SSSR count). The Morgan fingerprint density at radius 1 is 0.838 bits per heavy atom. The summed E-state index contributed by atoms with van der Waals surface area (Å²) in [5, 5.41) is 19.1. The van der Waals surface area contributed by atoms with Gasteiger partial charge in [0, 0.05) is 54.9 Å². The lowest BCUT2D eigenvalue weighted by molar-refractivity contribution is -0.316. The number of aliphatic hydroxyl groups is 1. The quantitative estimate of drug-likeness (QED) is 0.0627. The minimum absolute atomic E-state index is 0.113. The highest BCUT2D eigenvalue weighted by atomic mass is 16.6. The number of ketones is 2. The van der Waals surface area contributed by atoms with Gasteiger partial charge in [-0.3, -0.25) is 24.0 Å². The number of carbonyl (C=O) groups is 8. The summed E-state index contributed by atoms with van der Waals surface area (Å²) in [5.41, 5.74) is -5.93. The predicted octanol–water partition coefficient (Wildman–Crippen LogP) is 6.61. The zero-order valence-electron chi connectivity index (χ0n) is 42.8. The van der Waals surface area contributed by atoms with E-state index in [1.807, 2.05) is 0 Å². The second-order valence-electron chi connectivity index (χ2n) is 21.6. The van der Waals surface area contributed by atoms with Gasteiger partial charge in [-0.25, -0.2) is 14.4 Å². The molecule has 394 valence electrons. The monoisotopic (exact) mass is 1020 g/mol. The molecule has 1 spiro atoms. The number of benzene rings is 3. The van der Waals surface area contributed by atoms with Crippen molar-refractivity contribution in [1.29, 1.82) is 0 Å². The number of fused-ring (bicyclic) bond motifs is 4. The van der Waals surface area contributed by atoms with E-state index in [9.17, 15) is 33.9 Å².